The van der Waals surface area contributed by atoms with Crippen molar-refractivity contribution in [2.75, 3.05) is 33.3 Å². The highest BCUT2D eigenvalue weighted by atomic mass is 16.5. The van der Waals surface area contributed by atoms with E-state index < -0.39 is 24.0 Å². The van der Waals surface area contributed by atoms with Gasteiger partial charge in [0.1, 0.15) is 5.75 Å². The van der Waals surface area contributed by atoms with Gasteiger partial charge in [0.15, 0.2) is 0 Å². The number of carbonyl (C=O) groups excluding carboxylic acids is 3. The van der Waals surface area contributed by atoms with E-state index in [4.69, 9.17) is 9.84 Å². The summed E-state index contributed by atoms with van der Waals surface area (Å²) in [5, 5.41) is 22.0. The third-order valence-corrected chi connectivity index (χ3v) is 8.05. The van der Waals surface area contributed by atoms with E-state index >= 15 is 0 Å². The number of aromatic nitrogens is 1. The molecule has 2 atom stereocenters. The first-order valence-electron chi connectivity index (χ1n) is 14.1. The number of ether oxygens (including phenoxy) is 1. The molecule has 3 N–H and O–H groups in total. The number of methoxy groups -OCH3 is 1. The Morgan fingerprint density at radius 3 is 2.54 bits per heavy atom. The zero-order chi connectivity index (χ0) is 29.4. The van der Waals surface area contributed by atoms with Crippen molar-refractivity contribution in [3.05, 3.63) is 48.3 Å². The maximum absolute atomic E-state index is 13.4. The second-order valence-corrected chi connectivity index (χ2v) is 10.8. The minimum absolute atomic E-state index is 0.0114. The maximum atomic E-state index is 13.4. The molecule has 41 heavy (non-hydrogen) atoms. The van der Waals surface area contributed by atoms with Crippen LogP contribution in [0.15, 0.2) is 42.7 Å². The molecule has 4 rings (SSSR count). The molecule has 0 bridgehead atoms. The molecular weight excluding hydrogens is 528 g/mol. The molecule has 3 heterocycles. The van der Waals surface area contributed by atoms with Gasteiger partial charge in [0.25, 0.3) is 0 Å². The Morgan fingerprint density at radius 2 is 1.83 bits per heavy atom. The number of likely N-dealkylation sites (tertiary alicyclic amines) is 2. The van der Waals surface area contributed by atoms with Crippen molar-refractivity contribution in [3.63, 3.8) is 0 Å². The topological polar surface area (TPSA) is 149 Å². The lowest BCUT2D eigenvalue weighted by Crippen LogP contribution is -2.46. The van der Waals surface area contributed by atoms with Gasteiger partial charge in [-0.1, -0.05) is 12.1 Å². The first-order chi connectivity index (χ1) is 19.7. The van der Waals surface area contributed by atoms with Crippen LogP contribution in [0.4, 0.5) is 4.79 Å². The van der Waals surface area contributed by atoms with E-state index in [1.807, 2.05) is 12.1 Å². The highest BCUT2D eigenvalue weighted by molar-refractivity contribution is 5.82. The van der Waals surface area contributed by atoms with Gasteiger partial charge < -0.3 is 30.1 Å². The Balaban J connectivity index is 1.37. The van der Waals surface area contributed by atoms with E-state index in [0.29, 0.717) is 63.3 Å². The van der Waals surface area contributed by atoms with Crippen LogP contribution in [-0.4, -0.2) is 82.2 Å². The first kappa shape index (κ1) is 29.8. The van der Waals surface area contributed by atoms with Gasteiger partial charge in [0.05, 0.1) is 25.5 Å². The summed E-state index contributed by atoms with van der Waals surface area (Å²) in [4.78, 5) is 57.2. The van der Waals surface area contributed by atoms with Gasteiger partial charge in [0.2, 0.25) is 11.8 Å². The van der Waals surface area contributed by atoms with Crippen molar-refractivity contribution in [2.45, 2.75) is 51.0 Å². The molecule has 1 unspecified atom stereocenters. The van der Waals surface area contributed by atoms with Gasteiger partial charge in [-0.15, -0.1) is 0 Å². The SMILES string of the molecule is COC(=O)CC(NC(=O)[C@@H]1CCCN(C(=O)CCC2CCN(C(=O)O)CC2)C1)c1cncc(-c2cccc(O)c2)c1. The van der Waals surface area contributed by atoms with Crippen molar-refractivity contribution in [3.8, 4) is 16.9 Å². The molecule has 11 nitrogen and oxygen atoms in total. The Hall–Kier alpha value is -4.15. The second kappa shape index (κ2) is 14.0. The lowest BCUT2D eigenvalue weighted by molar-refractivity contribution is -0.141. The molecule has 11 heteroatoms. The monoisotopic (exact) mass is 566 g/mol. The molecule has 1 aromatic carbocycles. The van der Waals surface area contributed by atoms with Gasteiger partial charge in [-0.2, -0.15) is 0 Å². The van der Waals surface area contributed by atoms with E-state index in [0.717, 1.165) is 24.0 Å². The Kier molecular flexibility index (Phi) is 10.2. The number of hydrogen-bond acceptors (Lipinski definition) is 7. The van der Waals surface area contributed by atoms with E-state index in [-0.39, 0.29) is 24.0 Å². The largest absolute Gasteiger partial charge is 0.508 e. The van der Waals surface area contributed by atoms with E-state index in [9.17, 15) is 24.3 Å². The van der Waals surface area contributed by atoms with Crippen LogP contribution in [0, 0.1) is 11.8 Å². The maximum Gasteiger partial charge on any atom is 0.407 e. The van der Waals surface area contributed by atoms with Gasteiger partial charge >= 0.3 is 12.1 Å². The van der Waals surface area contributed by atoms with Crippen LogP contribution in [0.5, 0.6) is 5.75 Å². The number of rotatable bonds is 9. The number of phenols is 1. The third kappa shape index (κ3) is 8.18. The van der Waals surface area contributed by atoms with Crippen LogP contribution in [0.2, 0.25) is 0 Å². The number of amides is 3. The number of carboxylic acid groups (broad SMARTS) is 1. The fourth-order valence-electron chi connectivity index (χ4n) is 5.60. The molecule has 2 aliphatic rings. The standard InChI is InChI=1S/C30H38N4O7/c1-41-28(37)16-26(24-14-23(17-31-18-24)21-4-2-6-25(35)15-21)32-29(38)22-5-3-11-34(19-22)27(36)8-7-20-9-12-33(13-10-20)30(39)40/h2,4,6,14-15,17-18,20,22,26,35H,3,5,7-13,16,19H2,1H3,(H,32,38)(H,39,40)/t22-,26?/m1/s1. The van der Waals surface area contributed by atoms with Crippen molar-refractivity contribution in [1.82, 2.24) is 20.1 Å². The molecule has 3 amide bonds. The summed E-state index contributed by atoms with van der Waals surface area (Å²) in [6, 6.07) is 7.89. The minimum Gasteiger partial charge on any atom is -0.508 e. The van der Waals surface area contributed by atoms with Crippen LogP contribution in [0.3, 0.4) is 0 Å². The van der Waals surface area contributed by atoms with Gasteiger partial charge in [-0.25, -0.2) is 4.79 Å². The highest BCUT2D eigenvalue weighted by Gasteiger charge is 2.31. The number of benzene rings is 1. The number of carbonyl (C=O) groups is 4. The molecule has 0 aliphatic carbocycles. The number of hydrogen-bond donors (Lipinski definition) is 3. The quantitative estimate of drug-likeness (QED) is 0.390. The Bertz CT molecular complexity index is 1240. The molecule has 2 aromatic rings. The Labute approximate surface area is 239 Å². The highest BCUT2D eigenvalue weighted by Crippen LogP contribution is 2.28. The summed E-state index contributed by atoms with van der Waals surface area (Å²) in [5.41, 5.74) is 2.10. The van der Waals surface area contributed by atoms with Crippen molar-refractivity contribution >= 4 is 23.9 Å². The van der Waals surface area contributed by atoms with E-state index in [1.165, 1.54) is 12.0 Å². The number of nitrogens with one attached hydrogen (secondary N) is 1. The van der Waals surface area contributed by atoms with Crippen LogP contribution in [0.25, 0.3) is 11.1 Å². The molecule has 2 aliphatic heterocycles. The number of piperidine rings is 2. The van der Waals surface area contributed by atoms with E-state index in [2.05, 4.69) is 10.3 Å². The van der Waals surface area contributed by atoms with Crippen molar-refractivity contribution in [2.24, 2.45) is 11.8 Å². The first-order valence-corrected chi connectivity index (χ1v) is 14.1. The molecular formula is C30H38N4O7. The predicted octanol–water partition coefficient (Wildman–Crippen LogP) is 3.58. The van der Waals surface area contributed by atoms with Crippen molar-refractivity contribution < 1.29 is 34.1 Å². The zero-order valence-corrected chi connectivity index (χ0v) is 23.3. The summed E-state index contributed by atoms with van der Waals surface area (Å²) in [5.74, 6) is -0.673. The van der Waals surface area contributed by atoms with Gasteiger partial charge in [-0.05, 0) is 67.3 Å². The smallest absolute Gasteiger partial charge is 0.407 e. The number of phenolic OH excluding ortho intramolecular Hbond substituents is 1. The van der Waals surface area contributed by atoms with E-state index in [1.54, 1.807) is 35.5 Å². The predicted molar refractivity (Wildman–Crippen MR) is 150 cm³/mol. The van der Waals surface area contributed by atoms with Crippen LogP contribution < -0.4 is 5.32 Å². The van der Waals surface area contributed by atoms with Crippen LogP contribution >= 0.6 is 0 Å². The normalized spacial score (nSPS) is 18.4. The molecule has 2 fully saturated rings. The number of pyridine rings is 1. The molecule has 2 saturated heterocycles. The minimum atomic E-state index is -0.897. The summed E-state index contributed by atoms with van der Waals surface area (Å²) >= 11 is 0. The molecule has 220 valence electrons. The Morgan fingerprint density at radius 1 is 1.05 bits per heavy atom. The summed E-state index contributed by atoms with van der Waals surface area (Å²) in [7, 11) is 1.29. The third-order valence-electron chi connectivity index (χ3n) is 8.05. The number of aromatic hydroxyl groups is 1. The fraction of sp³-hybridized carbons (Fsp3) is 0.500. The summed E-state index contributed by atoms with van der Waals surface area (Å²) < 4.78 is 4.87. The van der Waals surface area contributed by atoms with Gasteiger partial charge in [0, 0.05) is 50.6 Å². The molecule has 1 aromatic heterocycles. The molecule has 0 saturated carbocycles. The average Bonchev–Trinajstić information content (AvgIpc) is 2.99. The molecule has 0 spiro atoms. The number of nitrogens with zero attached hydrogens (tertiary/aromatic N) is 3. The number of esters is 1. The molecule has 0 radical (unpaired) electrons. The van der Waals surface area contributed by atoms with Gasteiger partial charge in [-0.3, -0.25) is 19.4 Å². The fourth-order valence-corrected chi connectivity index (χ4v) is 5.60. The second-order valence-electron chi connectivity index (χ2n) is 10.8. The lowest BCUT2D eigenvalue weighted by atomic mass is 9.91. The average molecular weight is 567 g/mol. The lowest BCUT2D eigenvalue weighted by Gasteiger charge is -2.34. The van der Waals surface area contributed by atoms with Crippen molar-refractivity contribution in [1.29, 1.82) is 0 Å². The summed E-state index contributed by atoms with van der Waals surface area (Å²) in [6.45, 7) is 1.91. The zero-order valence-electron chi connectivity index (χ0n) is 23.3. The van der Waals surface area contributed by atoms with Crippen LogP contribution in [0.1, 0.15) is 56.6 Å². The van der Waals surface area contributed by atoms with Crippen LogP contribution in [-0.2, 0) is 19.1 Å². The summed E-state index contributed by atoms with van der Waals surface area (Å²) in [6.07, 6.45) is 6.21.